The highest BCUT2D eigenvalue weighted by molar-refractivity contribution is 7.89. The van der Waals surface area contributed by atoms with Crippen LogP contribution in [-0.2, 0) is 16.4 Å². The Kier molecular flexibility index (Phi) is 5.10. The van der Waals surface area contributed by atoms with Crippen molar-refractivity contribution < 1.29 is 17.6 Å². The molecule has 1 aromatic heterocycles. The van der Waals surface area contributed by atoms with Crippen LogP contribution in [0.2, 0.25) is 0 Å². The van der Waals surface area contributed by atoms with E-state index in [0.717, 1.165) is 11.1 Å². The monoisotopic (exact) mass is 372 g/mol. The molecule has 1 amide bonds. The molecule has 3 N–H and O–H groups in total. The van der Waals surface area contributed by atoms with Crippen LogP contribution in [0, 0.1) is 0 Å². The molecule has 0 radical (unpaired) electrons. The number of nitrogens with two attached hydrogens (primary N) is 1. The number of aromatic nitrogens is 2. The molecule has 0 aliphatic heterocycles. The predicted octanol–water partition coefficient (Wildman–Crippen LogP) is 1.36. The fourth-order valence-corrected chi connectivity index (χ4v) is 2.77. The van der Waals surface area contributed by atoms with Crippen molar-refractivity contribution in [3.05, 3.63) is 66.1 Å². The highest BCUT2D eigenvalue weighted by Gasteiger charge is 2.15. The molecule has 26 heavy (non-hydrogen) atoms. The first kappa shape index (κ1) is 17.8. The standard InChI is InChI=1S/C17H16N4O4S/c18-26(23,24)14-8-6-12(7-9-14)10-11-19-15(22)17-21-20-16(25-17)13-4-2-1-3-5-13/h1-9H,10-11H2,(H,19,22)(H2,18,23,24). The SMILES string of the molecule is NS(=O)(=O)c1ccc(CCNC(=O)c2nnc(-c3ccccc3)o2)cc1. The lowest BCUT2D eigenvalue weighted by Gasteiger charge is -2.04. The summed E-state index contributed by atoms with van der Waals surface area (Å²) in [6.45, 7) is 0.330. The normalized spacial score (nSPS) is 11.3. The lowest BCUT2D eigenvalue weighted by molar-refractivity contribution is 0.0920. The van der Waals surface area contributed by atoms with Gasteiger partial charge in [-0.05, 0) is 36.2 Å². The van der Waals surface area contributed by atoms with Gasteiger partial charge in [-0.3, -0.25) is 4.79 Å². The third-order valence-corrected chi connectivity index (χ3v) is 4.52. The summed E-state index contributed by atoms with van der Waals surface area (Å²) in [5, 5.41) is 15.3. The lowest BCUT2D eigenvalue weighted by Crippen LogP contribution is -2.26. The van der Waals surface area contributed by atoms with E-state index >= 15 is 0 Å². The van der Waals surface area contributed by atoms with E-state index in [9.17, 15) is 13.2 Å². The lowest BCUT2D eigenvalue weighted by atomic mass is 10.1. The summed E-state index contributed by atoms with van der Waals surface area (Å²) >= 11 is 0. The van der Waals surface area contributed by atoms with Gasteiger partial charge in [-0.2, -0.15) is 0 Å². The minimum absolute atomic E-state index is 0.0459. The fourth-order valence-electron chi connectivity index (χ4n) is 2.25. The zero-order chi connectivity index (χ0) is 18.6. The number of carbonyl (C=O) groups excluding carboxylic acids is 1. The second-order valence-corrected chi connectivity index (χ2v) is 7.03. The van der Waals surface area contributed by atoms with E-state index in [0.29, 0.717) is 13.0 Å². The van der Waals surface area contributed by atoms with Crippen LogP contribution in [-0.4, -0.2) is 31.1 Å². The Morgan fingerprint density at radius 3 is 2.38 bits per heavy atom. The fraction of sp³-hybridized carbons (Fsp3) is 0.118. The number of hydrogen-bond acceptors (Lipinski definition) is 6. The Balaban J connectivity index is 1.55. The molecule has 3 rings (SSSR count). The highest BCUT2D eigenvalue weighted by atomic mass is 32.2. The van der Waals surface area contributed by atoms with Crippen LogP contribution < -0.4 is 10.5 Å². The number of hydrogen-bond donors (Lipinski definition) is 2. The van der Waals surface area contributed by atoms with Gasteiger partial charge in [0.05, 0.1) is 4.90 Å². The van der Waals surface area contributed by atoms with Gasteiger partial charge in [-0.1, -0.05) is 30.3 Å². The Morgan fingerprint density at radius 2 is 1.73 bits per heavy atom. The molecule has 0 aliphatic carbocycles. The summed E-state index contributed by atoms with van der Waals surface area (Å²) in [6.07, 6.45) is 0.510. The van der Waals surface area contributed by atoms with E-state index in [2.05, 4.69) is 15.5 Å². The number of primary sulfonamides is 1. The first-order chi connectivity index (χ1) is 12.4. The zero-order valence-corrected chi connectivity index (χ0v) is 14.4. The number of rotatable bonds is 6. The van der Waals surface area contributed by atoms with Crippen LogP contribution >= 0.6 is 0 Å². The van der Waals surface area contributed by atoms with E-state index in [1.54, 1.807) is 24.3 Å². The second-order valence-electron chi connectivity index (χ2n) is 5.47. The Morgan fingerprint density at radius 1 is 1.04 bits per heavy atom. The van der Waals surface area contributed by atoms with Gasteiger partial charge in [-0.25, -0.2) is 13.6 Å². The molecule has 0 saturated heterocycles. The molecule has 1 heterocycles. The quantitative estimate of drug-likeness (QED) is 0.672. The van der Waals surface area contributed by atoms with Gasteiger partial charge in [0.25, 0.3) is 0 Å². The summed E-state index contributed by atoms with van der Waals surface area (Å²) < 4.78 is 27.8. The third kappa shape index (κ3) is 4.32. The molecule has 2 aromatic carbocycles. The smallest absolute Gasteiger partial charge is 0.308 e. The topological polar surface area (TPSA) is 128 Å². The van der Waals surface area contributed by atoms with Gasteiger partial charge in [0.2, 0.25) is 15.9 Å². The average molecular weight is 372 g/mol. The number of carbonyl (C=O) groups is 1. The van der Waals surface area contributed by atoms with E-state index in [-0.39, 0.29) is 16.7 Å². The predicted molar refractivity (Wildman–Crippen MR) is 93.6 cm³/mol. The van der Waals surface area contributed by atoms with Gasteiger partial charge in [-0.15, -0.1) is 10.2 Å². The summed E-state index contributed by atoms with van der Waals surface area (Å²) in [5.41, 5.74) is 1.59. The number of sulfonamides is 1. The van der Waals surface area contributed by atoms with Gasteiger partial charge < -0.3 is 9.73 Å². The summed E-state index contributed by atoms with van der Waals surface area (Å²) in [4.78, 5) is 12.1. The van der Waals surface area contributed by atoms with Gasteiger partial charge in [0.1, 0.15) is 0 Å². The number of amides is 1. The molecule has 0 unspecified atom stereocenters. The molecular formula is C17H16N4O4S. The second kappa shape index (κ2) is 7.46. The van der Waals surface area contributed by atoms with Crippen LogP contribution in [0.4, 0.5) is 0 Å². The first-order valence-corrected chi connectivity index (χ1v) is 9.27. The maximum atomic E-state index is 12.1. The van der Waals surface area contributed by atoms with E-state index in [1.807, 2.05) is 18.2 Å². The molecule has 0 spiro atoms. The Labute approximate surface area is 150 Å². The zero-order valence-electron chi connectivity index (χ0n) is 13.6. The van der Waals surface area contributed by atoms with Crippen LogP contribution in [0.3, 0.4) is 0 Å². The highest BCUT2D eigenvalue weighted by Crippen LogP contribution is 2.16. The van der Waals surface area contributed by atoms with Crippen molar-refractivity contribution in [3.63, 3.8) is 0 Å². The first-order valence-electron chi connectivity index (χ1n) is 7.72. The van der Waals surface area contributed by atoms with Crippen molar-refractivity contribution >= 4 is 15.9 Å². The minimum Gasteiger partial charge on any atom is -0.412 e. The number of benzene rings is 2. The maximum Gasteiger partial charge on any atom is 0.308 e. The van der Waals surface area contributed by atoms with Crippen molar-refractivity contribution in [1.82, 2.24) is 15.5 Å². The molecule has 3 aromatic rings. The molecule has 0 atom stereocenters. The summed E-state index contributed by atoms with van der Waals surface area (Å²) in [5.74, 6) is -0.316. The third-order valence-electron chi connectivity index (χ3n) is 3.59. The van der Waals surface area contributed by atoms with Crippen LogP contribution in [0.5, 0.6) is 0 Å². The summed E-state index contributed by atoms with van der Waals surface area (Å²) in [7, 11) is -3.71. The van der Waals surface area contributed by atoms with Crippen LogP contribution in [0.15, 0.2) is 63.9 Å². The van der Waals surface area contributed by atoms with Crippen LogP contribution in [0.1, 0.15) is 16.2 Å². The Hall–Kier alpha value is -3.04. The van der Waals surface area contributed by atoms with E-state index in [1.165, 1.54) is 12.1 Å². The van der Waals surface area contributed by atoms with Crippen molar-refractivity contribution in [3.8, 4) is 11.5 Å². The molecule has 8 nitrogen and oxygen atoms in total. The molecule has 9 heteroatoms. The van der Waals surface area contributed by atoms with Crippen molar-refractivity contribution in [2.45, 2.75) is 11.3 Å². The van der Waals surface area contributed by atoms with Gasteiger partial charge >= 0.3 is 11.8 Å². The van der Waals surface area contributed by atoms with Crippen LogP contribution in [0.25, 0.3) is 11.5 Å². The molecule has 0 fully saturated rings. The minimum atomic E-state index is -3.71. The number of nitrogens with zero attached hydrogens (tertiary/aromatic N) is 2. The van der Waals surface area contributed by atoms with E-state index in [4.69, 9.17) is 9.56 Å². The molecule has 0 aliphatic rings. The van der Waals surface area contributed by atoms with E-state index < -0.39 is 15.9 Å². The Bertz CT molecular complexity index is 999. The van der Waals surface area contributed by atoms with Gasteiger partial charge in [0, 0.05) is 12.1 Å². The maximum absolute atomic E-state index is 12.1. The summed E-state index contributed by atoms with van der Waals surface area (Å²) in [6, 6.07) is 15.3. The van der Waals surface area contributed by atoms with Crippen molar-refractivity contribution in [1.29, 1.82) is 0 Å². The molecule has 0 saturated carbocycles. The van der Waals surface area contributed by atoms with Crippen molar-refractivity contribution in [2.24, 2.45) is 5.14 Å². The average Bonchev–Trinajstić information content (AvgIpc) is 3.12. The molecule has 134 valence electrons. The largest absolute Gasteiger partial charge is 0.412 e. The molecule has 0 bridgehead atoms. The number of nitrogens with one attached hydrogen (secondary N) is 1. The molecular weight excluding hydrogens is 356 g/mol. The van der Waals surface area contributed by atoms with Crippen molar-refractivity contribution in [2.75, 3.05) is 6.54 Å². The van der Waals surface area contributed by atoms with Gasteiger partial charge in [0.15, 0.2) is 0 Å².